The summed E-state index contributed by atoms with van der Waals surface area (Å²) in [5.74, 6) is 0.255. The van der Waals surface area contributed by atoms with Crippen LogP contribution in [0.3, 0.4) is 0 Å². The summed E-state index contributed by atoms with van der Waals surface area (Å²) in [4.78, 5) is 23.5. The quantitative estimate of drug-likeness (QED) is 0.835. The summed E-state index contributed by atoms with van der Waals surface area (Å²) in [6.45, 7) is 4.13. The predicted molar refractivity (Wildman–Crippen MR) is 91.6 cm³/mol. The van der Waals surface area contributed by atoms with Crippen LogP contribution >= 0.6 is 0 Å². The number of carbonyl (C=O) groups is 2. The summed E-state index contributed by atoms with van der Waals surface area (Å²) in [6.07, 6.45) is -0.461. The van der Waals surface area contributed by atoms with E-state index in [9.17, 15) is 9.59 Å². The van der Waals surface area contributed by atoms with Gasteiger partial charge < -0.3 is 14.2 Å². The van der Waals surface area contributed by atoms with Crippen molar-refractivity contribution in [2.24, 2.45) is 0 Å². The van der Waals surface area contributed by atoms with Crippen LogP contribution in [0, 0.1) is 0 Å². The Balaban J connectivity index is 1.68. The Morgan fingerprint density at radius 1 is 1.24 bits per heavy atom. The molecule has 0 saturated heterocycles. The second kappa shape index (κ2) is 7.25. The van der Waals surface area contributed by atoms with E-state index in [2.05, 4.69) is 5.32 Å². The van der Waals surface area contributed by atoms with Gasteiger partial charge in [-0.25, -0.2) is 9.59 Å². The molecule has 130 valence electrons. The summed E-state index contributed by atoms with van der Waals surface area (Å²) < 4.78 is 16.0. The molecule has 6 nitrogen and oxygen atoms in total. The van der Waals surface area contributed by atoms with E-state index in [-0.39, 0.29) is 19.3 Å². The van der Waals surface area contributed by atoms with Crippen molar-refractivity contribution in [3.63, 3.8) is 0 Å². The minimum atomic E-state index is -0.496. The van der Waals surface area contributed by atoms with Crippen molar-refractivity contribution in [1.82, 2.24) is 0 Å². The zero-order valence-corrected chi connectivity index (χ0v) is 14.1. The fourth-order valence-electron chi connectivity index (χ4n) is 2.47. The summed E-state index contributed by atoms with van der Waals surface area (Å²) in [6, 6.07) is 12.4. The van der Waals surface area contributed by atoms with Crippen molar-refractivity contribution < 1.29 is 23.8 Å². The molecule has 0 radical (unpaired) electrons. The molecule has 0 atom stereocenters. The molecule has 0 fully saturated rings. The van der Waals surface area contributed by atoms with E-state index in [4.69, 9.17) is 14.2 Å². The lowest BCUT2D eigenvalue weighted by atomic mass is 10.1. The monoisotopic (exact) mass is 341 g/mol. The van der Waals surface area contributed by atoms with Gasteiger partial charge in [0.1, 0.15) is 19.0 Å². The highest BCUT2D eigenvalue weighted by molar-refractivity contribution is 5.92. The second-order valence-electron chi connectivity index (χ2n) is 5.92. The number of cyclic esters (lactones) is 1. The number of nitrogens with one attached hydrogen (secondary N) is 1. The van der Waals surface area contributed by atoms with Crippen molar-refractivity contribution in [2.75, 3.05) is 5.32 Å². The fourth-order valence-corrected chi connectivity index (χ4v) is 2.47. The summed E-state index contributed by atoms with van der Waals surface area (Å²) in [5.41, 5.74) is 2.58. The summed E-state index contributed by atoms with van der Waals surface area (Å²) in [7, 11) is 0. The van der Waals surface area contributed by atoms with Gasteiger partial charge in [0.05, 0.1) is 17.4 Å². The van der Waals surface area contributed by atoms with Crippen LogP contribution in [0.1, 0.15) is 35.3 Å². The van der Waals surface area contributed by atoms with Gasteiger partial charge in [-0.2, -0.15) is 0 Å². The Kier molecular flexibility index (Phi) is 4.88. The lowest BCUT2D eigenvalue weighted by Gasteiger charge is -2.18. The standard InChI is InChI=1S/C19H19NO5/c1-12(2)25-17-6-4-3-5-14(17)10-23-18(21)13-7-8-16-15(9-13)11-24-19(22)20-16/h3-9,12H,10-11H2,1-2H3,(H,20,22). The molecule has 1 aliphatic rings. The number of rotatable bonds is 5. The Morgan fingerprint density at radius 2 is 2.04 bits per heavy atom. The number of amides is 1. The minimum Gasteiger partial charge on any atom is -0.491 e. The van der Waals surface area contributed by atoms with E-state index < -0.39 is 12.1 Å². The number of para-hydroxylation sites is 1. The fraction of sp³-hybridized carbons (Fsp3) is 0.263. The van der Waals surface area contributed by atoms with Crippen LogP contribution in [-0.2, 0) is 22.7 Å². The van der Waals surface area contributed by atoms with Crippen molar-refractivity contribution in [3.8, 4) is 5.75 Å². The van der Waals surface area contributed by atoms with Gasteiger partial charge in [0, 0.05) is 11.1 Å². The number of hydrogen-bond donors (Lipinski definition) is 1. The highest BCUT2D eigenvalue weighted by Gasteiger charge is 2.18. The number of carbonyl (C=O) groups excluding carboxylic acids is 2. The Morgan fingerprint density at radius 3 is 2.84 bits per heavy atom. The Hall–Kier alpha value is -3.02. The molecule has 0 aliphatic carbocycles. The van der Waals surface area contributed by atoms with Crippen molar-refractivity contribution in [1.29, 1.82) is 0 Å². The van der Waals surface area contributed by atoms with E-state index in [0.717, 1.165) is 11.1 Å². The van der Waals surface area contributed by atoms with E-state index in [1.807, 2.05) is 38.1 Å². The maximum Gasteiger partial charge on any atom is 0.411 e. The molecule has 0 saturated carbocycles. The molecule has 2 aromatic carbocycles. The minimum absolute atomic E-state index is 0.0349. The summed E-state index contributed by atoms with van der Waals surface area (Å²) >= 11 is 0. The van der Waals surface area contributed by atoms with Gasteiger partial charge in [-0.3, -0.25) is 5.32 Å². The Labute approximate surface area is 145 Å². The third-order valence-corrected chi connectivity index (χ3v) is 3.63. The molecule has 6 heteroatoms. The highest BCUT2D eigenvalue weighted by atomic mass is 16.6. The van der Waals surface area contributed by atoms with E-state index in [0.29, 0.717) is 17.0 Å². The van der Waals surface area contributed by atoms with Crippen LogP contribution in [0.2, 0.25) is 0 Å². The number of esters is 1. The molecular formula is C19H19NO5. The van der Waals surface area contributed by atoms with E-state index >= 15 is 0 Å². The molecule has 1 N–H and O–H groups in total. The first-order valence-electron chi connectivity index (χ1n) is 8.01. The second-order valence-corrected chi connectivity index (χ2v) is 5.92. The number of benzene rings is 2. The van der Waals surface area contributed by atoms with Crippen LogP contribution in [0.15, 0.2) is 42.5 Å². The van der Waals surface area contributed by atoms with Crippen LogP contribution in [0.4, 0.5) is 10.5 Å². The molecule has 1 aliphatic heterocycles. The van der Waals surface area contributed by atoms with Crippen molar-refractivity contribution in [2.45, 2.75) is 33.2 Å². The van der Waals surface area contributed by atoms with Crippen molar-refractivity contribution in [3.05, 3.63) is 59.2 Å². The van der Waals surface area contributed by atoms with Gasteiger partial charge in [0.25, 0.3) is 0 Å². The molecule has 2 aromatic rings. The van der Waals surface area contributed by atoms with Gasteiger partial charge in [-0.05, 0) is 38.1 Å². The molecule has 25 heavy (non-hydrogen) atoms. The van der Waals surface area contributed by atoms with Gasteiger partial charge >= 0.3 is 12.1 Å². The molecule has 1 heterocycles. The first kappa shape index (κ1) is 16.8. The zero-order valence-electron chi connectivity index (χ0n) is 14.1. The average Bonchev–Trinajstić information content (AvgIpc) is 2.59. The van der Waals surface area contributed by atoms with Crippen LogP contribution < -0.4 is 10.1 Å². The largest absolute Gasteiger partial charge is 0.491 e. The summed E-state index contributed by atoms with van der Waals surface area (Å²) in [5, 5.41) is 2.58. The van der Waals surface area contributed by atoms with Crippen LogP contribution in [-0.4, -0.2) is 18.2 Å². The van der Waals surface area contributed by atoms with Gasteiger partial charge in [0.2, 0.25) is 0 Å². The van der Waals surface area contributed by atoms with Crippen molar-refractivity contribution >= 4 is 17.7 Å². The molecule has 3 rings (SSSR count). The van der Waals surface area contributed by atoms with Gasteiger partial charge in [0.15, 0.2) is 0 Å². The third kappa shape index (κ3) is 4.09. The van der Waals surface area contributed by atoms with Gasteiger partial charge in [-0.1, -0.05) is 18.2 Å². The lowest BCUT2D eigenvalue weighted by Crippen LogP contribution is -2.20. The predicted octanol–water partition coefficient (Wildman–Crippen LogP) is 3.89. The highest BCUT2D eigenvalue weighted by Crippen LogP contribution is 2.24. The van der Waals surface area contributed by atoms with Gasteiger partial charge in [-0.15, -0.1) is 0 Å². The van der Waals surface area contributed by atoms with Crippen LogP contribution in [0.5, 0.6) is 5.75 Å². The lowest BCUT2D eigenvalue weighted by molar-refractivity contribution is 0.0468. The first-order valence-corrected chi connectivity index (χ1v) is 8.01. The zero-order chi connectivity index (χ0) is 17.8. The molecule has 0 unspecified atom stereocenters. The molecular weight excluding hydrogens is 322 g/mol. The Bertz CT molecular complexity index is 800. The smallest absolute Gasteiger partial charge is 0.411 e. The maximum absolute atomic E-state index is 12.3. The molecule has 0 spiro atoms. The topological polar surface area (TPSA) is 73.9 Å². The third-order valence-electron chi connectivity index (χ3n) is 3.63. The van der Waals surface area contributed by atoms with E-state index in [1.54, 1.807) is 18.2 Å². The number of fused-ring (bicyclic) bond motifs is 1. The number of hydrogen-bond acceptors (Lipinski definition) is 5. The SMILES string of the molecule is CC(C)Oc1ccccc1COC(=O)c1ccc2c(c1)COC(=O)N2. The number of anilines is 1. The molecule has 1 amide bonds. The first-order chi connectivity index (χ1) is 12.0. The molecule has 0 aromatic heterocycles. The normalized spacial score (nSPS) is 12.8. The molecule has 0 bridgehead atoms. The van der Waals surface area contributed by atoms with Crippen LogP contribution in [0.25, 0.3) is 0 Å². The average molecular weight is 341 g/mol. The maximum atomic E-state index is 12.3. The number of ether oxygens (including phenoxy) is 3. The van der Waals surface area contributed by atoms with E-state index in [1.165, 1.54) is 0 Å².